The average molecular weight is 575 g/mol. The zero-order valence-electron chi connectivity index (χ0n) is 21.6. The van der Waals surface area contributed by atoms with E-state index >= 15 is 0 Å². The highest BCUT2D eigenvalue weighted by atomic mass is 35.5. The van der Waals surface area contributed by atoms with Crippen molar-refractivity contribution in [3.8, 4) is 11.5 Å². The van der Waals surface area contributed by atoms with Crippen LogP contribution in [0.15, 0.2) is 36.4 Å². The molecular formula is C25H33Cl2N3O6S. The van der Waals surface area contributed by atoms with Crippen LogP contribution in [-0.2, 0) is 26.2 Å². The summed E-state index contributed by atoms with van der Waals surface area (Å²) in [6, 6.07) is 8.58. The van der Waals surface area contributed by atoms with Crippen LogP contribution in [0, 0.1) is 0 Å². The smallest absolute Gasteiger partial charge is 0.244 e. The summed E-state index contributed by atoms with van der Waals surface area (Å²) in [5, 5.41) is 3.57. The second-order valence-electron chi connectivity index (χ2n) is 8.28. The lowest BCUT2D eigenvalue weighted by molar-refractivity contribution is -0.140. The Morgan fingerprint density at radius 1 is 1.05 bits per heavy atom. The third-order valence-electron chi connectivity index (χ3n) is 5.63. The SMILES string of the molecule is CCCNC(=O)[C@@H](CC)N(Cc1ccc(Cl)cc1Cl)C(=O)CN(c1ccc(OC)cc1OC)S(C)(=O)=O. The largest absolute Gasteiger partial charge is 0.497 e. The molecule has 0 aliphatic carbocycles. The second kappa shape index (κ2) is 13.7. The number of carbonyl (C=O) groups excluding carboxylic acids is 2. The third kappa shape index (κ3) is 8.15. The monoisotopic (exact) mass is 573 g/mol. The molecule has 12 heteroatoms. The maximum absolute atomic E-state index is 13.8. The van der Waals surface area contributed by atoms with E-state index in [1.165, 1.54) is 31.3 Å². The maximum atomic E-state index is 13.8. The number of methoxy groups -OCH3 is 2. The Morgan fingerprint density at radius 2 is 1.76 bits per heavy atom. The van der Waals surface area contributed by atoms with Crippen LogP contribution >= 0.6 is 23.2 Å². The second-order valence-corrected chi connectivity index (χ2v) is 11.0. The highest BCUT2D eigenvalue weighted by Gasteiger charge is 2.33. The number of rotatable bonds is 13. The maximum Gasteiger partial charge on any atom is 0.244 e. The molecule has 0 spiro atoms. The van der Waals surface area contributed by atoms with Crippen LogP contribution in [0.3, 0.4) is 0 Å². The van der Waals surface area contributed by atoms with Crippen molar-refractivity contribution in [3.05, 3.63) is 52.0 Å². The molecule has 0 saturated carbocycles. The van der Waals surface area contributed by atoms with Crippen molar-refractivity contribution in [1.82, 2.24) is 10.2 Å². The summed E-state index contributed by atoms with van der Waals surface area (Å²) in [4.78, 5) is 28.1. The van der Waals surface area contributed by atoms with E-state index in [1.54, 1.807) is 31.2 Å². The Morgan fingerprint density at radius 3 is 2.30 bits per heavy atom. The number of halogens is 2. The van der Waals surface area contributed by atoms with Gasteiger partial charge in [0.1, 0.15) is 24.1 Å². The van der Waals surface area contributed by atoms with Crippen LogP contribution in [0.25, 0.3) is 0 Å². The molecule has 2 rings (SSSR count). The van der Waals surface area contributed by atoms with Crippen LogP contribution in [-0.4, -0.2) is 64.7 Å². The summed E-state index contributed by atoms with van der Waals surface area (Å²) >= 11 is 12.4. The van der Waals surface area contributed by atoms with Crippen molar-refractivity contribution in [2.45, 2.75) is 39.3 Å². The zero-order valence-corrected chi connectivity index (χ0v) is 23.9. The molecule has 0 unspecified atom stereocenters. The number of carbonyl (C=O) groups is 2. The molecule has 0 aliphatic rings. The first-order valence-corrected chi connectivity index (χ1v) is 14.3. The Bertz CT molecular complexity index is 1210. The van der Waals surface area contributed by atoms with Crippen molar-refractivity contribution < 1.29 is 27.5 Å². The molecule has 0 aliphatic heterocycles. The minimum Gasteiger partial charge on any atom is -0.497 e. The molecule has 9 nitrogen and oxygen atoms in total. The molecule has 0 heterocycles. The van der Waals surface area contributed by atoms with E-state index < -0.39 is 28.5 Å². The molecule has 0 aromatic heterocycles. The lowest BCUT2D eigenvalue weighted by Crippen LogP contribution is -2.52. The van der Waals surface area contributed by atoms with Crippen LogP contribution in [0.2, 0.25) is 10.0 Å². The summed E-state index contributed by atoms with van der Waals surface area (Å²) in [5.74, 6) is -0.265. The molecule has 0 fully saturated rings. The van der Waals surface area contributed by atoms with E-state index in [0.29, 0.717) is 34.3 Å². The van der Waals surface area contributed by atoms with E-state index in [9.17, 15) is 18.0 Å². The van der Waals surface area contributed by atoms with Gasteiger partial charge in [0, 0.05) is 29.2 Å². The van der Waals surface area contributed by atoms with Gasteiger partial charge < -0.3 is 19.7 Å². The van der Waals surface area contributed by atoms with E-state index in [-0.39, 0.29) is 23.9 Å². The summed E-state index contributed by atoms with van der Waals surface area (Å²) in [6.45, 7) is 3.55. The normalized spacial score (nSPS) is 12.0. The Hall–Kier alpha value is -2.69. The third-order valence-corrected chi connectivity index (χ3v) is 7.34. The van der Waals surface area contributed by atoms with Crippen molar-refractivity contribution in [1.29, 1.82) is 0 Å². The molecule has 0 radical (unpaired) electrons. The number of hydrogen-bond donors (Lipinski definition) is 1. The fourth-order valence-corrected chi connectivity index (χ4v) is 5.03. The van der Waals surface area contributed by atoms with Crippen molar-refractivity contribution in [3.63, 3.8) is 0 Å². The van der Waals surface area contributed by atoms with Gasteiger partial charge in [0.05, 0.1) is 26.2 Å². The average Bonchev–Trinajstić information content (AvgIpc) is 2.85. The van der Waals surface area contributed by atoms with Gasteiger partial charge in [-0.1, -0.05) is 43.1 Å². The van der Waals surface area contributed by atoms with Gasteiger partial charge >= 0.3 is 0 Å². The summed E-state index contributed by atoms with van der Waals surface area (Å²) in [7, 11) is -1.07. The Kier molecular flexibility index (Phi) is 11.3. The lowest BCUT2D eigenvalue weighted by Gasteiger charge is -2.33. The number of sulfonamides is 1. The molecule has 2 aromatic rings. The van der Waals surface area contributed by atoms with Gasteiger partial charge in [0.25, 0.3) is 0 Å². The summed E-state index contributed by atoms with van der Waals surface area (Å²) < 4.78 is 37.2. The van der Waals surface area contributed by atoms with E-state index in [4.69, 9.17) is 32.7 Å². The first-order valence-electron chi connectivity index (χ1n) is 11.7. The lowest BCUT2D eigenvalue weighted by atomic mass is 10.1. The minimum atomic E-state index is -3.93. The van der Waals surface area contributed by atoms with Gasteiger partial charge in [-0.15, -0.1) is 0 Å². The van der Waals surface area contributed by atoms with Gasteiger partial charge in [0.15, 0.2) is 0 Å². The number of nitrogens with zero attached hydrogens (tertiary/aromatic N) is 2. The van der Waals surface area contributed by atoms with Gasteiger partial charge in [-0.25, -0.2) is 8.42 Å². The van der Waals surface area contributed by atoms with Gasteiger partial charge in [-0.2, -0.15) is 0 Å². The molecule has 0 saturated heterocycles. The fraction of sp³-hybridized carbons (Fsp3) is 0.440. The van der Waals surface area contributed by atoms with Crippen LogP contribution in [0.5, 0.6) is 11.5 Å². The quantitative estimate of drug-likeness (QED) is 0.386. The fourth-order valence-electron chi connectivity index (χ4n) is 3.70. The Balaban J connectivity index is 2.53. The van der Waals surface area contributed by atoms with Crippen LogP contribution in [0.1, 0.15) is 32.3 Å². The van der Waals surface area contributed by atoms with E-state index in [1.807, 2.05) is 6.92 Å². The number of hydrogen-bond acceptors (Lipinski definition) is 6. The Labute approximate surface area is 228 Å². The summed E-state index contributed by atoms with van der Waals surface area (Å²) in [5.41, 5.74) is 0.723. The molecule has 2 aromatic carbocycles. The van der Waals surface area contributed by atoms with Gasteiger partial charge in [0.2, 0.25) is 21.8 Å². The number of benzene rings is 2. The highest BCUT2D eigenvalue weighted by Crippen LogP contribution is 2.34. The van der Waals surface area contributed by atoms with Crippen molar-refractivity contribution in [2.24, 2.45) is 0 Å². The zero-order chi connectivity index (χ0) is 27.8. The highest BCUT2D eigenvalue weighted by molar-refractivity contribution is 7.92. The molecule has 0 bridgehead atoms. The van der Waals surface area contributed by atoms with Crippen LogP contribution in [0.4, 0.5) is 5.69 Å². The number of nitrogens with one attached hydrogen (secondary N) is 1. The van der Waals surface area contributed by atoms with Crippen molar-refractivity contribution >= 4 is 50.7 Å². The van der Waals surface area contributed by atoms with Crippen molar-refractivity contribution in [2.75, 3.05) is 37.9 Å². The van der Waals surface area contributed by atoms with E-state index in [0.717, 1.165) is 17.0 Å². The van der Waals surface area contributed by atoms with Gasteiger partial charge in [-0.3, -0.25) is 13.9 Å². The molecule has 37 heavy (non-hydrogen) atoms. The topological polar surface area (TPSA) is 105 Å². The molecule has 1 N–H and O–H groups in total. The predicted octanol–water partition coefficient (Wildman–Crippen LogP) is 4.11. The standard InChI is InChI=1S/C25H33Cl2N3O6S/c1-6-12-28-25(32)21(7-2)29(15-17-8-9-18(26)13-20(17)27)24(31)16-30(37(5,33)34)22-11-10-19(35-3)14-23(22)36-4/h8-11,13-14,21H,6-7,12,15-16H2,1-5H3,(H,28,32)/t21-/m1/s1. The minimum absolute atomic E-state index is 0.0236. The first kappa shape index (κ1) is 30.5. The molecule has 2 amide bonds. The van der Waals surface area contributed by atoms with Crippen LogP contribution < -0.4 is 19.1 Å². The molecule has 1 atom stereocenters. The predicted molar refractivity (Wildman–Crippen MR) is 146 cm³/mol. The number of ether oxygens (including phenoxy) is 2. The number of anilines is 1. The van der Waals surface area contributed by atoms with Gasteiger partial charge in [-0.05, 0) is 42.7 Å². The molecular weight excluding hydrogens is 541 g/mol. The molecule has 204 valence electrons. The summed E-state index contributed by atoms with van der Waals surface area (Å²) in [6.07, 6.45) is 2.02. The first-order chi connectivity index (χ1) is 17.5. The number of amides is 2. The van der Waals surface area contributed by atoms with E-state index in [2.05, 4.69) is 5.32 Å².